The van der Waals surface area contributed by atoms with E-state index < -0.39 is 58.3 Å². The molecule has 1 saturated heterocycles. The van der Waals surface area contributed by atoms with Crippen molar-refractivity contribution in [3.8, 4) is 0 Å². The number of allylic oxidation sites excluding steroid dienone is 2. The Bertz CT molecular complexity index is 1320. The van der Waals surface area contributed by atoms with E-state index in [4.69, 9.17) is 18.6 Å². The van der Waals surface area contributed by atoms with E-state index in [-0.39, 0.29) is 30.0 Å². The maximum Gasteiger partial charge on any atom is 0.335 e. The minimum Gasteiger partial charge on any atom is -0.472 e. The van der Waals surface area contributed by atoms with Crippen molar-refractivity contribution < 1.29 is 42.9 Å². The molecule has 5 rings (SSSR count). The first-order valence-corrected chi connectivity index (χ1v) is 14.3. The van der Waals surface area contributed by atoms with Gasteiger partial charge in [-0.05, 0) is 44.6 Å². The predicted molar refractivity (Wildman–Crippen MR) is 146 cm³/mol. The number of esters is 3. The van der Waals surface area contributed by atoms with Gasteiger partial charge in [-0.3, -0.25) is 9.59 Å². The number of carbonyl (C=O) groups is 4. The number of aliphatic hydroxyl groups excluding tert-OH is 1. The first-order valence-electron chi connectivity index (χ1n) is 14.3. The van der Waals surface area contributed by atoms with Gasteiger partial charge in [0.15, 0.2) is 6.10 Å². The highest BCUT2D eigenvalue weighted by Crippen LogP contribution is 2.68. The summed E-state index contributed by atoms with van der Waals surface area (Å²) in [6, 6.07) is 1.80. The number of hydrogen-bond donors (Lipinski definition) is 1. The Balaban J connectivity index is 1.69. The quantitative estimate of drug-likeness (QED) is 0.236. The smallest absolute Gasteiger partial charge is 0.335 e. The maximum atomic E-state index is 14.5. The molecule has 0 amide bonds. The third-order valence-electron chi connectivity index (χ3n) is 10.8. The van der Waals surface area contributed by atoms with E-state index in [1.54, 1.807) is 38.5 Å². The van der Waals surface area contributed by atoms with Crippen molar-refractivity contribution in [2.75, 3.05) is 7.11 Å². The van der Waals surface area contributed by atoms with Crippen molar-refractivity contribution in [2.24, 2.45) is 39.9 Å². The lowest BCUT2D eigenvalue weighted by molar-refractivity contribution is -0.208. The number of fused-ring (bicyclic) bond motifs is 6. The molecule has 41 heavy (non-hydrogen) atoms. The minimum atomic E-state index is -1.63. The first kappa shape index (κ1) is 29.3. The molecule has 0 radical (unpaired) electrons. The molecule has 9 atom stereocenters. The van der Waals surface area contributed by atoms with Gasteiger partial charge in [-0.1, -0.05) is 45.4 Å². The summed E-state index contributed by atoms with van der Waals surface area (Å²) in [5, 5.41) is 11.5. The second kappa shape index (κ2) is 9.96. The van der Waals surface area contributed by atoms with Crippen molar-refractivity contribution in [1.29, 1.82) is 0 Å². The molecule has 1 aromatic rings. The summed E-state index contributed by atoms with van der Waals surface area (Å²) in [6.45, 7) is 11.0. The van der Waals surface area contributed by atoms with E-state index in [1.165, 1.54) is 7.11 Å². The van der Waals surface area contributed by atoms with E-state index >= 15 is 0 Å². The zero-order valence-electron chi connectivity index (χ0n) is 24.8. The maximum absolute atomic E-state index is 14.5. The highest BCUT2D eigenvalue weighted by Gasteiger charge is 2.70. The molecule has 4 aliphatic rings. The Hall–Kier alpha value is -3.20. The molecule has 1 aliphatic heterocycles. The SMILES string of the molecule is C/C=C(/C)C(=O)O[C@@H]1[C@@H]2C=C3[C@@H]4CC(=O)O[C@@H](c5ccoc5)[C@]4(C)CC[C@@H]3[C@@](C)(C2=O)[C@@H]([C@@H](O)C(=O)OC)C1(C)C. The Morgan fingerprint density at radius 1 is 1.17 bits per heavy atom. The third kappa shape index (κ3) is 4.14. The summed E-state index contributed by atoms with van der Waals surface area (Å²) >= 11 is 0. The fourth-order valence-electron chi connectivity index (χ4n) is 8.68. The molecule has 0 aromatic carbocycles. The van der Waals surface area contributed by atoms with Crippen LogP contribution >= 0.6 is 0 Å². The molecule has 1 aromatic heterocycles. The van der Waals surface area contributed by atoms with Crippen molar-refractivity contribution in [2.45, 2.75) is 79.1 Å². The Morgan fingerprint density at radius 2 is 1.88 bits per heavy atom. The predicted octanol–water partition coefficient (Wildman–Crippen LogP) is 4.50. The topological polar surface area (TPSA) is 129 Å². The van der Waals surface area contributed by atoms with Crippen LogP contribution in [0.5, 0.6) is 0 Å². The zero-order valence-corrected chi connectivity index (χ0v) is 24.8. The Labute approximate surface area is 240 Å². The summed E-state index contributed by atoms with van der Waals surface area (Å²) < 4.78 is 22.2. The number of cyclic esters (lactones) is 1. The minimum absolute atomic E-state index is 0.139. The molecule has 0 unspecified atom stereocenters. The molecular weight excluding hydrogens is 528 g/mol. The van der Waals surface area contributed by atoms with Gasteiger partial charge in [0.2, 0.25) is 0 Å². The number of Topliss-reactive ketones (excluding diaryl/α,β-unsaturated/α-hetero) is 1. The summed E-state index contributed by atoms with van der Waals surface area (Å²) in [5.41, 5.74) is -0.563. The van der Waals surface area contributed by atoms with Crippen LogP contribution in [0.3, 0.4) is 0 Å². The van der Waals surface area contributed by atoms with Gasteiger partial charge in [-0.25, -0.2) is 9.59 Å². The summed E-state index contributed by atoms with van der Waals surface area (Å²) in [5.74, 6) is -4.27. The average molecular weight is 569 g/mol. The second-order valence-electron chi connectivity index (χ2n) is 13.2. The fraction of sp³-hybridized carbons (Fsp3) is 0.625. The normalized spacial score (nSPS) is 38.5. The molecule has 9 heteroatoms. The monoisotopic (exact) mass is 568 g/mol. The van der Waals surface area contributed by atoms with Crippen LogP contribution < -0.4 is 0 Å². The van der Waals surface area contributed by atoms with Crippen LogP contribution in [0.25, 0.3) is 0 Å². The number of carbonyl (C=O) groups excluding carboxylic acids is 4. The first-order chi connectivity index (χ1) is 19.2. The lowest BCUT2D eigenvalue weighted by atomic mass is 9.40. The van der Waals surface area contributed by atoms with Crippen molar-refractivity contribution in [1.82, 2.24) is 0 Å². The molecule has 2 bridgehead atoms. The van der Waals surface area contributed by atoms with Crippen molar-refractivity contribution in [3.05, 3.63) is 47.5 Å². The zero-order chi connectivity index (χ0) is 30.1. The van der Waals surface area contributed by atoms with Crippen molar-refractivity contribution >= 4 is 23.7 Å². The lowest BCUT2D eigenvalue weighted by Gasteiger charge is -2.64. The van der Waals surface area contributed by atoms with Gasteiger partial charge in [-0.15, -0.1) is 0 Å². The molecule has 3 aliphatic carbocycles. The summed E-state index contributed by atoms with van der Waals surface area (Å²) in [7, 11) is 1.20. The van der Waals surface area contributed by atoms with Gasteiger partial charge < -0.3 is 23.7 Å². The van der Waals surface area contributed by atoms with Crippen LogP contribution in [0.1, 0.15) is 72.5 Å². The van der Waals surface area contributed by atoms with E-state index in [0.29, 0.717) is 18.4 Å². The Kier molecular flexibility index (Phi) is 7.12. The highest BCUT2D eigenvalue weighted by molar-refractivity contribution is 5.95. The largest absolute Gasteiger partial charge is 0.472 e. The van der Waals surface area contributed by atoms with Crippen LogP contribution in [0.15, 0.2) is 46.3 Å². The molecule has 1 N–H and O–H groups in total. The number of ketones is 1. The molecule has 2 heterocycles. The number of ether oxygens (including phenoxy) is 3. The third-order valence-corrected chi connectivity index (χ3v) is 10.8. The van der Waals surface area contributed by atoms with Crippen LogP contribution in [-0.4, -0.2) is 48.1 Å². The van der Waals surface area contributed by atoms with Gasteiger partial charge in [0.05, 0.1) is 32.0 Å². The molecular formula is C32H40O9. The van der Waals surface area contributed by atoms with Gasteiger partial charge in [-0.2, -0.15) is 0 Å². The second-order valence-corrected chi connectivity index (χ2v) is 13.2. The van der Waals surface area contributed by atoms with Crippen molar-refractivity contribution in [3.63, 3.8) is 0 Å². The average Bonchev–Trinajstić information content (AvgIpc) is 3.46. The van der Waals surface area contributed by atoms with Crippen LogP contribution in [-0.2, 0) is 33.4 Å². The van der Waals surface area contributed by atoms with Crippen LogP contribution in [0, 0.1) is 39.9 Å². The molecule has 3 fully saturated rings. The number of rotatable bonds is 5. The van der Waals surface area contributed by atoms with E-state index in [1.807, 2.05) is 26.8 Å². The van der Waals surface area contributed by atoms with Gasteiger partial charge in [0.1, 0.15) is 18.0 Å². The highest BCUT2D eigenvalue weighted by atomic mass is 16.6. The van der Waals surface area contributed by atoms with Gasteiger partial charge in [0, 0.05) is 33.3 Å². The van der Waals surface area contributed by atoms with E-state index in [9.17, 15) is 24.3 Å². The Morgan fingerprint density at radius 3 is 2.49 bits per heavy atom. The van der Waals surface area contributed by atoms with E-state index in [0.717, 1.165) is 11.1 Å². The standard InChI is InChI=1S/C32H40O9/c1-8-16(2)28(36)41-27-19-13-18-20(32(6,25(19)35)24(30(27,3)4)23(34)29(37)38-7)9-11-31(5)21(18)14-22(33)40-26(31)17-10-12-39-15-17/h8,10,12-13,15,19-21,23-24,26-27,34H,9,11,14H2,1-7H3/b16-8-/t19-,20+,21+,23-,24+,26+,27-,31-,32-/m1/s1. The van der Waals surface area contributed by atoms with Gasteiger partial charge in [0.25, 0.3) is 0 Å². The van der Waals surface area contributed by atoms with Crippen LogP contribution in [0.4, 0.5) is 0 Å². The molecule has 222 valence electrons. The molecule has 2 saturated carbocycles. The molecule has 9 nitrogen and oxygen atoms in total. The fourth-order valence-corrected chi connectivity index (χ4v) is 8.68. The van der Waals surface area contributed by atoms with Gasteiger partial charge >= 0.3 is 17.9 Å². The summed E-state index contributed by atoms with van der Waals surface area (Å²) in [6.07, 6.45) is 4.96. The lowest BCUT2D eigenvalue weighted by Crippen LogP contribution is -2.69. The number of hydrogen-bond acceptors (Lipinski definition) is 9. The summed E-state index contributed by atoms with van der Waals surface area (Å²) in [4.78, 5) is 53.4. The van der Waals surface area contributed by atoms with E-state index in [2.05, 4.69) is 6.92 Å². The number of aliphatic hydroxyl groups is 1. The molecule has 0 spiro atoms. The van der Waals surface area contributed by atoms with Crippen LogP contribution in [0.2, 0.25) is 0 Å². The number of methoxy groups -OCH3 is 1. The number of furan rings is 1.